The van der Waals surface area contributed by atoms with Crippen LogP contribution >= 0.6 is 22.9 Å². The second kappa shape index (κ2) is 9.84. The van der Waals surface area contributed by atoms with Crippen LogP contribution in [0.4, 0.5) is 0 Å². The van der Waals surface area contributed by atoms with Gasteiger partial charge in [0, 0.05) is 24.0 Å². The summed E-state index contributed by atoms with van der Waals surface area (Å²) in [5, 5.41) is 7.17. The average Bonchev–Trinajstić information content (AvgIpc) is 3.32. The molecule has 0 fully saturated rings. The Hall–Kier alpha value is -3.04. The number of rotatable bonds is 8. The predicted octanol–water partition coefficient (Wildman–Crippen LogP) is 3.32. The average molecular weight is 461 g/mol. The smallest absolute Gasteiger partial charge is 0.359 e. The first-order valence-corrected chi connectivity index (χ1v) is 10.7. The summed E-state index contributed by atoms with van der Waals surface area (Å²) in [4.78, 5) is 41.5. The number of pyridine rings is 1. The first-order valence-electron chi connectivity index (χ1n) is 9.48. The molecule has 0 aliphatic rings. The highest BCUT2D eigenvalue weighted by Gasteiger charge is 2.19. The van der Waals surface area contributed by atoms with Gasteiger partial charge in [-0.1, -0.05) is 11.6 Å². The fourth-order valence-electron chi connectivity index (χ4n) is 2.85. The minimum absolute atomic E-state index is 0.0818. The van der Waals surface area contributed by atoms with Gasteiger partial charge in [-0.3, -0.25) is 9.59 Å². The van der Waals surface area contributed by atoms with Crippen molar-refractivity contribution in [2.24, 2.45) is 0 Å². The number of ether oxygens (including phenoxy) is 1. The molecule has 0 unspecified atom stereocenters. The quantitative estimate of drug-likeness (QED) is 0.408. The van der Waals surface area contributed by atoms with E-state index >= 15 is 0 Å². The van der Waals surface area contributed by atoms with E-state index in [2.05, 4.69) is 15.4 Å². The predicted molar refractivity (Wildman–Crippen MR) is 117 cm³/mol. The van der Waals surface area contributed by atoms with Crippen LogP contribution in [-0.2, 0) is 16.0 Å². The molecule has 31 heavy (non-hydrogen) atoms. The maximum atomic E-state index is 12.5. The van der Waals surface area contributed by atoms with Crippen molar-refractivity contribution in [1.29, 1.82) is 0 Å². The number of amides is 1. The molecule has 10 heteroatoms. The number of nitrogens with one attached hydrogen (secondary N) is 1. The van der Waals surface area contributed by atoms with Gasteiger partial charge in [0.1, 0.15) is 0 Å². The van der Waals surface area contributed by atoms with Crippen LogP contribution in [0.3, 0.4) is 0 Å². The molecule has 0 bridgehead atoms. The molecule has 0 aromatic carbocycles. The summed E-state index contributed by atoms with van der Waals surface area (Å²) in [5.41, 5.74) is 1.59. The highest BCUT2D eigenvalue weighted by atomic mass is 35.5. The van der Waals surface area contributed by atoms with E-state index in [9.17, 15) is 14.4 Å². The van der Waals surface area contributed by atoms with Crippen molar-refractivity contribution in [3.8, 4) is 5.82 Å². The number of aryl methyl sites for hydroxylation is 2. The molecule has 0 saturated heterocycles. The molecule has 3 aromatic heterocycles. The Morgan fingerprint density at radius 2 is 1.97 bits per heavy atom. The minimum Gasteiger partial charge on any atom is -0.452 e. The van der Waals surface area contributed by atoms with Gasteiger partial charge in [0.15, 0.2) is 18.1 Å². The summed E-state index contributed by atoms with van der Waals surface area (Å²) in [5.74, 6) is -0.788. The lowest BCUT2D eigenvalue weighted by atomic mass is 10.3. The molecule has 0 saturated carbocycles. The number of nitrogens with zero attached hydrogens (tertiary/aromatic N) is 3. The molecule has 8 nitrogen and oxygen atoms in total. The third-order valence-electron chi connectivity index (χ3n) is 4.27. The van der Waals surface area contributed by atoms with Crippen LogP contribution < -0.4 is 5.32 Å². The molecule has 0 atom stereocenters. The Balaban J connectivity index is 1.63. The summed E-state index contributed by atoms with van der Waals surface area (Å²) >= 11 is 7.43. The SMILES string of the molecule is CC(=O)NCCc1ccc(C(=O)COC(=O)c2nc(-n3nc(C)cc3C)ccc2Cl)s1. The normalized spacial score (nSPS) is 10.7. The minimum atomic E-state index is -0.788. The fraction of sp³-hybridized carbons (Fsp3) is 0.286. The lowest BCUT2D eigenvalue weighted by molar-refractivity contribution is -0.118. The second-order valence-corrected chi connectivity index (χ2v) is 8.41. The van der Waals surface area contributed by atoms with Gasteiger partial charge in [-0.15, -0.1) is 11.3 Å². The lowest BCUT2D eigenvalue weighted by Gasteiger charge is -2.08. The van der Waals surface area contributed by atoms with Gasteiger partial charge in [-0.2, -0.15) is 5.10 Å². The summed E-state index contributed by atoms with van der Waals surface area (Å²) in [6.45, 7) is 5.25. The van der Waals surface area contributed by atoms with Crippen molar-refractivity contribution in [3.05, 3.63) is 62.2 Å². The maximum Gasteiger partial charge on any atom is 0.359 e. The summed E-state index contributed by atoms with van der Waals surface area (Å²) in [7, 11) is 0. The van der Waals surface area contributed by atoms with E-state index in [1.54, 1.807) is 22.9 Å². The zero-order valence-electron chi connectivity index (χ0n) is 17.3. The first kappa shape index (κ1) is 22.6. The maximum absolute atomic E-state index is 12.5. The van der Waals surface area contributed by atoms with E-state index in [-0.39, 0.29) is 22.4 Å². The van der Waals surface area contributed by atoms with E-state index < -0.39 is 12.6 Å². The number of halogens is 1. The number of hydrogen-bond acceptors (Lipinski definition) is 7. The fourth-order valence-corrected chi connectivity index (χ4v) is 3.96. The lowest BCUT2D eigenvalue weighted by Crippen LogP contribution is -2.22. The van der Waals surface area contributed by atoms with Crippen molar-refractivity contribution in [1.82, 2.24) is 20.1 Å². The van der Waals surface area contributed by atoms with E-state index in [1.807, 2.05) is 26.0 Å². The van der Waals surface area contributed by atoms with Gasteiger partial charge in [0.05, 0.1) is 15.6 Å². The van der Waals surface area contributed by atoms with Crippen molar-refractivity contribution >= 4 is 40.6 Å². The van der Waals surface area contributed by atoms with Crippen molar-refractivity contribution in [2.75, 3.05) is 13.2 Å². The summed E-state index contributed by atoms with van der Waals surface area (Å²) in [6, 6.07) is 8.58. The number of aromatic nitrogens is 3. The number of thiophene rings is 1. The Morgan fingerprint density at radius 1 is 1.19 bits per heavy atom. The third-order valence-corrected chi connectivity index (χ3v) is 5.76. The van der Waals surface area contributed by atoms with Gasteiger partial charge in [0.25, 0.3) is 0 Å². The molecule has 1 amide bonds. The van der Waals surface area contributed by atoms with Crippen molar-refractivity contribution in [3.63, 3.8) is 0 Å². The highest BCUT2D eigenvalue weighted by molar-refractivity contribution is 7.14. The van der Waals surface area contributed by atoms with Gasteiger partial charge in [0.2, 0.25) is 11.7 Å². The molecule has 3 aromatic rings. The molecule has 3 rings (SSSR count). The third kappa shape index (κ3) is 5.77. The molecule has 0 aliphatic carbocycles. The zero-order valence-corrected chi connectivity index (χ0v) is 18.8. The van der Waals surface area contributed by atoms with Gasteiger partial charge >= 0.3 is 5.97 Å². The van der Waals surface area contributed by atoms with E-state index in [0.717, 1.165) is 16.3 Å². The Morgan fingerprint density at radius 3 is 2.65 bits per heavy atom. The number of ketones is 1. The van der Waals surface area contributed by atoms with Crippen LogP contribution in [0.1, 0.15) is 43.3 Å². The summed E-state index contributed by atoms with van der Waals surface area (Å²) < 4.78 is 6.76. The van der Waals surface area contributed by atoms with Gasteiger partial charge in [-0.05, 0) is 50.6 Å². The molecular formula is C21H21ClN4O4S. The zero-order chi connectivity index (χ0) is 22.5. The number of hydrogen-bond donors (Lipinski definition) is 1. The number of carbonyl (C=O) groups is 3. The van der Waals surface area contributed by atoms with E-state index in [4.69, 9.17) is 16.3 Å². The summed E-state index contributed by atoms with van der Waals surface area (Å²) in [6.07, 6.45) is 0.621. The van der Waals surface area contributed by atoms with Crippen LogP contribution in [-0.4, -0.2) is 45.6 Å². The van der Waals surface area contributed by atoms with Gasteiger partial charge < -0.3 is 10.1 Å². The van der Waals surface area contributed by atoms with E-state index in [1.165, 1.54) is 18.3 Å². The Bertz CT molecular complexity index is 1140. The second-order valence-electron chi connectivity index (χ2n) is 6.84. The monoisotopic (exact) mass is 460 g/mol. The first-order chi connectivity index (χ1) is 14.7. The number of Topliss-reactive ketones (excluding diaryl/α,β-unsaturated/α-hetero) is 1. The molecular weight excluding hydrogens is 440 g/mol. The van der Waals surface area contributed by atoms with E-state index in [0.29, 0.717) is 23.7 Å². The molecule has 0 aliphatic heterocycles. The molecule has 0 radical (unpaired) electrons. The molecule has 3 heterocycles. The van der Waals surface area contributed by atoms with Crippen LogP contribution in [0.2, 0.25) is 5.02 Å². The van der Waals surface area contributed by atoms with Crippen LogP contribution in [0.5, 0.6) is 0 Å². The van der Waals surface area contributed by atoms with Crippen molar-refractivity contribution in [2.45, 2.75) is 27.2 Å². The largest absolute Gasteiger partial charge is 0.452 e. The molecule has 0 spiro atoms. The number of esters is 1. The topological polar surface area (TPSA) is 103 Å². The van der Waals surface area contributed by atoms with Crippen molar-refractivity contribution < 1.29 is 19.1 Å². The highest BCUT2D eigenvalue weighted by Crippen LogP contribution is 2.20. The van der Waals surface area contributed by atoms with Crippen LogP contribution in [0.15, 0.2) is 30.3 Å². The Kier molecular flexibility index (Phi) is 7.19. The van der Waals surface area contributed by atoms with Crippen LogP contribution in [0.25, 0.3) is 5.82 Å². The molecule has 162 valence electrons. The number of carbonyl (C=O) groups excluding carboxylic acids is 3. The molecule has 1 N–H and O–H groups in total. The standard InChI is InChI=1S/C21H21ClN4O4S/c1-12-10-13(2)26(25-12)19-7-5-16(22)20(24-19)21(29)30-11-17(28)18-6-4-15(31-18)8-9-23-14(3)27/h4-7,10H,8-9,11H2,1-3H3,(H,23,27). The van der Waals surface area contributed by atoms with Crippen LogP contribution in [0, 0.1) is 13.8 Å². The van der Waals surface area contributed by atoms with Gasteiger partial charge in [-0.25, -0.2) is 14.5 Å². The Labute approximate surface area is 188 Å².